The van der Waals surface area contributed by atoms with Gasteiger partial charge in [-0.3, -0.25) is 0 Å². The Morgan fingerprint density at radius 3 is 2.50 bits per heavy atom. The number of hydrogen-bond donors (Lipinski definition) is 1. The third-order valence-electron chi connectivity index (χ3n) is 3.29. The number of carboxylic acid groups (broad SMARTS) is 1. The van der Waals surface area contributed by atoms with Crippen molar-refractivity contribution in [2.45, 2.75) is 13.8 Å². The average Bonchev–Trinajstić information content (AvgIpc) is 3.04. The summed E-state index contributed by atoms with van der Waals surface area (Å²) in [6.07, 6.45) is 0. The number of hydrogen-bond acceptors (Lipinski definition) is 4. The van der Waals surface area contributed by atoms with Crippen LogP contribution in [0.4, 0.5) is 0 Å². The third-order valence-corrected chi connectivity index (χ3v) is 3.82. The lowest BCUT2D eigenvalue weighted by molar-refractivity contribution is 0.0687. The lowest BCUT2D eigenvalue weighted by atomic mass is 10.1. The monoisotopic (exact) mass is 361 g/mol. The van der Waals surface area contributed by atoms with Gasteiger partial charge in [-0.15, -0.1) is 0 Å². The molecule has 0 radical (unpaired) electrons. The van der Waals surface area contributed by atoms with Crippen LogP contribution in [0.1, 0.15) is 21.9 Å². The highest BCUT2D eigenvalue weighted by molar-refractivity contribution is 9.10. The van der Waals surface area contributed by atoms with Crippen molar-refractivity contribution in [2.75, 3.05) is 0 Å². The molecule has 2 aromatic heterocycles. The van der Waals surface area contributed by atoms with E-state index in [1.165, 1.54) is 10.7 Å². The zero-order chi connectivity index (χ0) is 15.9. The molecule has 112 valence electrons. The minimum atomic E-state index is -1.05. The standard InChI is InChI=1S/C15H12BrN3O3/c1-8-14(9(2)22-18-8)12-7-13(15(20)21)19(17-12)11-5-3-10(16)4-6-11/h3-7H,1-2H3,(H,20,21). The molecule has 0 atom stereocenters. The number of aromatic nitrogens is 3. The Morgan fingerprint density at radius 2 is 1.95 bits per heavy atom. The van der Waals surface area contributed by atoms with E-state index in [1.807, 2.05) is 12.1 Å². The van der Waals surface area contributed by atoms with E-state index in [0.29, 0.717) is 22.8 Å². The van der Waals surface area contributed by atoms with E-state index in [4.69, 9.17) is 4.52 Å². The molecule has 2 heterocycles. The van der Waals surface area contributed by atoms with Gasteiger partial charge >= 0.3 is 5.97 Å². The van der Waals surface area contributed by atoms with E-state index >= 15 is 0 Å². The maximum Gasteiger partial charge on any atom is 0.354 e. The van der Waals surface area contributed by atoms with Gasteiger partial charge < -0.3 is 9.63 Å². The van der Waals surface area contributed by atoms with Gasteiger partial charge in [0.05, 0.1) is 22.6 Å². The Balaban J connectivity index is 2.19. The second-order valence-electron chi connectivity index (χ2n) is 4.81. The van der Waals surface area contributed by atoms with Crippen LogP contribution in [0.25, 0.3) is 16.9 Å². The molecule has 0 unspecified atom stereocenters. The largest absolute Gasteiger partial charge is 0.477 e. The summed E-state index contributed by atoms with van der Waals surface area (Å²) in [4.78, 5) is 11.5. The molecule has 1 aromatic carbocycles. The predicted octanol–water partition coefficient (Wildman–Crippen LogP) is 3.60. The zero-order valence-corrected chi connectivity index (χ0v) is 13.5. The van der Waals surface area contributed by atoms with Crippen molar-refractivity contribution < 1.29 is 14.4 Å². The lowest BCUT2D eigenvalue weighted by Gasteiger charge is -2.04. The van der Waals surface area contributed by atoms with Gasteiger partial charge in [0.25, 0.3) is 0 Å². The Kier molecular flexibility index (Phi) is 3.58. The first kappa shape index (κ1) is 14.5. The van der Waals surface area contributed by atoms with Crippen LogP contribution in [0.2, 0.25) is 0 Å². The molecule has 0 spiro atoms. The molecule has 0 amide bonds. The molecule has 6 nitrogen and oxygen atoms in total. The minimum Gasteiger partial charge on any atom is -0.477 e. The van der Waals surface area contributed by atoms with Gasteiger partial charge in [-0.2, -0.15) is 5.10 Å². The van der Waals surface area contributed by atoms with Crippen LogP contribution in [0.3, 0.4) is 0 Å². The molecule has 0 aliphatic carbocycles. The summed E-state index contributed by atoms with van der Waals surface area (Å²) < 4.78 is 7.44. The SMILES string of the molecule is Cc1noc(C)c1-c1cc(C(=O)O)n(-c2ccc(Br)cc2)n1. The Bertz CT molecular complexity index is 830. The summed E-state index contributed by atoms with van der Waals surface area (Å²) in [6.45, 7) is 3.57. The van der Waals surface area contributed by atoms with Crippen molar-refractivity contribution in [3.8, 4) is 16.9 Å². The molecular formula is C15H12BrN3O3. The first-order chi connectivity index (χ1) is 10.5. The molecule has 0 fully saturated rings. The van der Waals surface area contributed by atoms with Crippen LogP contribution in [-0.2, 0) is 0 Å². The fourth-order valence-electron chi connectivity index (χ4n) is 2.28. The highest BCUT2D eigenvalue weighted by Crippen LogP contribution is 2.28. The highest BCUT2D eigenvalue weighted by atomic mass is 79.9. The summed E-state index contributed by atoms with van der Waals surface area (Å²) in [5.74, 6) is -0.441. The summed E-state index contributed by atoms with van der Waals surface area (Å²) >= 11 is 3.35. The van der Waals surface area contributed by atoms with E-state index < -0.39 is 5.97 Å². The van der Waals surface area contributed by atoms with Crippen LogP contribution in [0.15, 0.2) is 39.3 Å². The molecular weight excluding hydrogens is 350 g/mol. The molecule has 0 aliphatic rings. The van der Waals surface area contributed by atoms with Crippen LogP contribution in [0, 0.1) is 13.8 Å². The Hall–Kier alpha value is -2.41. The van der Waals surface area contributed by atoms with E-state index in [-0.39, 0.29) is 5.69 Å². The van der Waals surface area contributed by atoms with Crippen LogP contribution >= 0.6 is 15.9 Å². The van der Waals surface area contributed by atoms with Crippen molar-refractivity contribution >= 4 is 21.9 Å². The first-order valence-corrected chi connectivity index (χ1v) is 7.29. The number of rotatable bonds is 3. The Labute approximate surface area is 134 Å². The third kappa shape index (κ3) is 2.43. The number of aryl methyl sites for hydroxylation is 2. The van der Waals surface area contributed by atoms with Crippen molar-refractivity contribution in [2.24, 2.45) is 0 Å². The summed E-state index contributed by atoms with van der Waals surface area (Å²) in [5, 5.41) is 17.7. The summed E-state index contributed by atoms with van der Waals surface area (Å²) in [7, 11) is 0. The maximum absolute atomic E-state index is 11.5. The molecule has 7 heteroatoms. The number of carbonyl (C=O) groups is 1. The molecule has 0 aliphatic heterocycles. The van der Waals surface area contributed by atoms with Crippen LogP contribution in [0.5, 0.6) is 0 Å². The number of benzene rings is 1. The van der Waals surface area contributed by atoms with Gasteiger partial charge in [0.1, 0.15) is 5.76 Å². The number of halogens is 1. The van der Waals surface area contributed by atoms with Crippen molar-refractivity contribution in [1.29, 1.82) is 0 Å². The van der Waals surface area contributed by atoms with E-state index in [9.17, 15) is 9.90 Å². The summed E-state index contributed by atoms with van der Waals surface area (Å²) in [5.41, 5.74) is 2.67. The van der Waals surface area contributed by atoms with Crippen LogP contribution in [-0.4, -0.2) is 26.0 Å². The fraction of sp³-hybridized carbons (Fsp3) is 0.133. The molecule has 3 rings (SSSR count). The second kappa shape index (κ2) is 5.42. The topological polar surface area (TPSA) is 81.1 Å². The number of carboxylic acids is 1. The van der Waals surface area contributed by atoms with Gasteiger partial charge in [0.15, 0.2) is 5.69 Å². The van der Waals surface area contributed by atoms with Crippen LogP contribution < -0.4 is 0 Å². The van der Waals surface area contributed by atoms with Gasteiger partial charge in [0, 0.05) is 4.47 Å². The molecule has 0 saturated heterocycles. The molecule has 3 aromatic rings. The minimum absolute atomic E-state index is 0.0809. The highest BCUT2D eigenvalue weighted by Gasteiger charge is 2.21. The fourth-order valence-corrected chi connectivity index (χ4v) is 2.55. The van der Waals surface area contributed by atoms with Gasteiger partial charge in [-0.25, -0.2) is 9.48 Å². The zero-order valence-electron chi connectivity index (χ0n) is 11.9. The van der Waals surface area contributed by atoms with Gasteiger partial charge in [-0.1, -0.05) is 21.1 Å². The number of aromatic carboxylic acids is 1. The van der Waals surface area contributed by atoms with Crippen molar-refractivity contribution in [1.82, 2.24) is 14.9 Å². The molecule has 0 bridgehead atoms. The number of nitrogens with zero attached hydrogens (tertiary/aromatic N) is 3. The summed E-state index contributed by atoms with van der Waals surface area (Å²) in [6, 6.07) is 8.77. The maximum atomic E-state index is 11.5. The molecule has 1 N–H and O–H groups in total. The van der Waals surface area contributed by atoms with E-state index in [1.54, 1.807) is 26.0 Å². The predicted molar refractivity (Wildman–Crippen MR) is 83.2 cm³/mol. The molecule has 0 saturated carbocycles. The van der Waals surface area contributed by atoms with Crippen molar-refractivity contribution in [3.63, 3.8) is 0 Å². The average molecular weight is 362 g/mol. The molecule has 22 heavy (non-hydrogen) atoms. The van der Waals surface area contributed by atoms with Gasteiger partial charge in [0.2, 0.25) is 0 Å². The van der Waals surface area contributed by atoms with Crippen molar-refractivity contribution in [3.05, 3.63) is 52.0 Å². The quantitative estimate of drug-likeness (QED) is 0.770. The second-order valence-corrected chi connectivity index (χ2v) is 5.72. The smallest absolute Gasteiger partial charge is 0.354 e. The van der Waals surface area contributed by atoms with E-state index in [0.717, 1.165) is 10.0 Å². The van der Waals surface area contributed by atoms with E-state index in [2.05, 4.69) is 26.2 Å². The first-order valence-electron chi connectivity index (χ1n) is 6.50. The normalized spacial score (nSPS) is 10.9. The lowest BCUT2D eigenvalue weighted by Crippen LogP contribution is -2.07. The van der Waals surface area contributed by atoms with Gasteiger partial charge in [-0.05, 0) is 44.2 Å². The Morgan fingerprint density at radius 1 is 1.27 bits per heavy atom.